The van der Waals surface area contributed by atoms with Crippen LogP contribution in [0.25, 0.3) is 22.4 Å². The minimum atomic E-state index is -0.855. The molecule has 6 rings (SSSR count). The summed E-state index contributed by atoms with van der Waals surface area (Å²) < 4.78 is 17.1. The highest BCUT2D eigenvalue weighted by molar-refractivity contribution is 7.99. The van der Waals surface area contributed by atoms with Gasteiger partial charge in [0, 0.05) is 16.1 Å². The third-order valence-electron chi connectivity index (χ3n) is 7.74. The molecule has 1 aliphatic heterocycles. The van der Waals surface area contributed by atoms with E-state index < -0.39 is 17.4 Å². The van der Waals surface area contributed by atoms with Crippen LogP contribution < -0.4 is 15.0 Å². The van der Waals surface area contributed by atoms with E-state index in [0.29, 0.717) is 44.0 Å². The van der Waals surface area contributed by atoms with Crippen LogP contribution in [0.1, 0.15) is 35.4 Å². The first-order valence-corrected chi connectivity index (χ1v) is 16.4. The topological polar surface area (TPSA) is 127 Å². The Morgan fingerprint density at radius 2 is 1.77 bits per heavy atom. The van der Waals surface area contributed by atoms with Gasteiger partial charge < -0.3 is 19.2 Å². The van der Waals surface area contributed by atoms with Crippen LogP contribution in [0.5, 0.6) is 11.6 Å². The van der Waals surface area contributed by atoms with Crippen LogP contribution in [0.15, 0.2) is 106 Å². The number of fused-ring (bicyclic) bond motifs is 1. The Hall–Kier alpha value is -5.37. The number of methoxy groups -OCH3 is 1. The van der Waals surface area contributed by atoms with Crippen molar-refractivity contribution in [3.05, 3.63) is 134 Å². The van der Waals surface area contributed by atoms with Gasteiger partial charge in [0.25, 0.3) is 5.56 Å². The monoisotopic (exact) mass is 676 g/mol. The molecule has 1 aliphatic rings. The summed E-state index contributed by atoms with van der Waals surface area (Å²) in [4.78, 5) is 39.2. The van der Waals surface area contributed by atoms with Gasteiger partial charge in [0.15, 0.2) is 0 Å². The lowest BCUT2D eigenvalue weighted by Crippen LogP contribution is -2.31. The van der Waals surface area contributed by atoms with Crippen LogP contribution in [-0.2, 0) is 9.53 Å². The molecule has 0 amide bonds. The summed E-state index contributed by atoms with van der Waals surface area (Å²) in [5, 5.41) is 11.4. The van der Waals surface area contributed by atoms with Gasteiger partial charge in [-0.25, -0.2) is 9.78 Å². The Morgan fingerprint density at radius 1 is 1.04 bits per heavy atom. The Labute approximate surface area is 286 Å². The van der Waals surface area contributed by atoms with E-state index >= 15 is 0 Å². The van der Waals surface area contributed by atoms with Gasteiger partial charge in [0.2, 0.25) is 5.88 Å². The fourth-order valence-electron chi connectivity index (χ4n) is 5.54. The number of halogens is 1. The van der Waals surface area contributed by atoms with Crippen molar-refractivity contribution in [2.45, 2.75) is 24.8 Å². The van der Waals surface area contributed by atoms with Crippen LogP contribution in [-0.4, -0.2) is 40.4 Å². The lowest BCUT2D eigenvalue weighted by atomic mass is 9.83. The molecule has 1 N–H and O–H groups in total. The number of aromatic nitrogens is 3. The highest BCUT2D eigenvalue weighted by Gasteiger charge is 2.39. The molecule has 0 aliphatic carbocycles. The van der Waals surface area contributed by atoms with Gasteiger partial charge in [0.05, 0.1) is 47.8 Å². The van der Waals surface area contributed by atoms with Crippen LogP contribution in [0.4, 0.5) is 0 Å². The smallest absolute Gasteiger partial charge is 0.338 e. The summed E-state index contributed by atoms with van der Waals surface area (Å²) in [5.74, 6) is -0.0395. The van der Waals surface area contributed by atoms with Gasteiger partial charge in [-0.15, -0.1) is 0 Å². The van der Waals surface area contributed by atoms with E-state index in [0.717, 1.165) is 11.1 Å². The average molecular weight is 677 g/mol. The molecule has 3 aromatic carbocycles. The number of aryl methyl sites for hydroxylation is 1. The van der Waals surface area contributed by atoms with Gasteiger partial charge in [-0.3, -0.25) is 4.79 Å². The second-order valence-corrected chi connectivity index (χ2v) is 12.1. The first-order chi connectivity index (χ1) is 23.3. The number of nitriles is 1. The van der Waals surface area contributed by atoms with Crippen molar-refractivity contribution in [3.8, 4) is 40.1 Å². The van der Waals surface area contributed by atoms with E-state index in [4.69, 9.17) is 30.8 Å². The van der Waals surface area contributed by atoms with Crippen molar-refractivity contribution in [3.63, 3.8) is 0 Å². The number of hydrogen-bond donors (Lipinski definition) is 1. The Morgan fingerprint density at radius 3 is 2.44 bits per heavy atom. The molecule has 240 valence electrons. The molecule has 0 radical (unpaired) electrons. The minimum absolute atomic E-state index is 0.0766. The van der Waals surface area contributed by atoms with Gasteiger partial charge in [-0.05, 0) is 55.3 Å². The standard InChI is InChI=1S/C37H29ClN4O5S/c1-4-46-37(44)32-30(47-35-33(34(43)40-21(2)41-35)31(32)24-10-14-25(38)15-11-24)20-48-36-28(19-39)27(22-12-16-26(45-3)17-13-22)18-29(42-36)23-8-6-5-7-9-23/h5-18,31H,4,20H2,1-3H3,(H,40,41,43). The number of nitrogens with zero attached hydrogens (tertiary/aromatic N) is 3. The number of carbonyl (C=O) groups excluding carboxylic acids is 1. The fraction of sp³-hybridized carbons (Fsp3) is 0.162. The van der Waals surface area contributed by atoms with E-state index in [9.17, 15) is 14.9 Å². The number of nitrogens with one attached hydrogen (secondary N) is 1. The molecule has 0 fully saturated rings. The van der Waals surface area contributed by atoms with Crippen LogP contribution in [0.2, 0.25) is 5.02 Å². The number of ether oxygens (including phenoxy) is 3. The minimum Gasteiger partial charge on any atom is -0.497 e. The van der Waals surface area contributed by atoms with E-state index in [2.05, 4.69) is 16.0 Å². The number of aromatic amines is 1. The fourth-order valence-corrected chi connectivity index (χ4v) is 6.61. The summed E-state index contributed by atoms with van der Waals surface area (Å²) >= 11 is 7.45. The molecular formula is C37H29ClN4O5S. The first-order valence-electron chi connectivity index (χ1n) is 15.0. The lowest BCUT2D eigenvalue weighted by molar-refractivity contribution is -0.139. The van der Waals surface area contributed by atoms with Crippen molar-refractivity contribution in [2.75, 3.05) is 19.5 Å². The molecule has 11 heteroatoms. The number of hydrogen-bond acceptors (Lipinski definition) is 9. The number of rotatable bonds is 9. The molecule has 0 bridgehead atoms. The lowest BCUT2D eigenvalue weighted by Gasteiger charge is -2.28. The molecule has 5 aromatic rings. The average Bonchev–Trinajstić information content (AvgIpc) is 3.10. The third-order valence-corrected chi connectivity index (χ3v) is 8.97. The molecular weight excluding hydrogens is 648 g/mol. The first kappa shape index (κ1) is 32.6. The van der Waals surface area contributed by atoms with Gasteiger partial charge in [-0.2, -0.15) is 10.2 Å². The zero-order valence-electron chi connectivity index (χ0n) is 26.2. The molecule has 0 spiro atoms. The number of pyridine rings is 1. The Bertz CT molecular complexity index is 2130. The quantitative estimate of drug-likeness (QED) is 0.125. The molecule has 2 aromatic heterocycles. The number of H-pyrrole nitrogens is 1. The maximum atomic E-state index is 13.7. The molecule has 1 atom stereocenters. The van der Waals surface area contributed by atoms with Crippen molar-refractivity contribution in [1.82, 2.24) is 15.0 Å². The zero-order valence-corrected chi connectivity index (χ0v) is 27.8. The van der Waals surface area contributed by atoms with Crippen LogP contribution in [0.3, 0.4) is 0 Å². The van der Waals surface area contributed by atoms with Crippen molar-refractivity contribution in [1.29, 1.82) is 5.26 Å². The number of thioether (sulfide) groups is 1. The molecule has 1 unspecified atom stereocenters. The number of carbonyl (C=O) groups is 1. The molecule has 48 heavy (non-hydrogen) atoms. The van der Waals surface area contributed by atoms with Crippen molar-refractivity contribution in [2.24, 2.45) is 0 Å². The Kier molecular flexibility index (Phi) is 9.62. The van der Waals surface area contributed by atoms with Crippen LogP contribution >= 0.6 is 23.4 Å². The molecule has 0 saturated heterocycles. The zero-order chi connectivity index (χ0) is 33.8. The summed E-state index contributed by atoms with van der Waals surface area (Å²) in [5.41, 5.74) is 3.94. The number of esters is 1. The largest absolute Gasteiger partial charge is 0.497 e. The van der Waals surface area contributed by atoms with Gasteiger partial charge >= 0.3 is 5.97 Å². The van der Waals surface area contributed by atoms with E-state index in [1.54, 1.807) is 45.2 Å². The highest BCUT2D eigenvalue weighted by atomic mass is 35.5. The predicted molar refractivity (Wildman–Crippen MR) is 184 cm³/mol. The Balaban J connectivity index is 1.51. The highest BCUT2D eigenvalue weighted by Crippen LogP contribution is 2.43. The van der Waals surface area contributed by atoms with Gasteiger partial charge in [-0.1, -0.05) is 78.0 Å². The molecule has 0 saturated carbocycles. The SMILES string of the molecule is CCOC(=O)C1=C(CSc2nc(-c3ccccc3)cc(-c3ccc(OC)cc3)c2C#N)Oc2nc(C)[nH]c(=O)c2C1c1ccc(Cl)cc1. The molecule has 3 heterocycles. The second kappa shape index (κ2) is 14.2. The normalized spacial score (nSPS) is 13.7. The number of benzene rings is 3. The maximum absolute atomic E-state index is 13.7. The molecule has 9 nitrogen and oxygen atoms in total. The predicted octanol–water partition coefficient (Wildman–Crippen LogP) is 7.47. The third kappa shape index (κ3) is 6.56. The summed E-state index contributed by atoms with van der Waals surface area (Å²) in [6.45, 7) is 3.47. The van der Waals surface area contributed by atoms with Crippen LogP contribution in [0, 0.1) is 18.3 Å². The van der Waals surface area contributed by atoms with Gasteiger partial charge in [0.1, 0.15) is 28.4 Å². The summed E-state index contributed by atoms with van der Waals surface area (Å²) in [6.07, 6.45) is 0. The van der Waals surface area contributed by atoms with E-state index in [-0.39, 0.29) is 35.1 Å². The van der Waals surface area contributed by atoms with E-state index in [1.807, 2.05) is 60.7 Å². The summed E-state index contributed by atoms with van der Waals surface area (Å²) in [6, 6.07) is 28.3. The van der Waals surface area contributed by atoms with E-state index in [1.165, 1.54) is 11.8 Å². The maximum Gasteiger partial charge on any atom is 0.338 e. The van der Waals surface area contributed by atoms with Crippen molar-refractivity contribution >= 4 is 29.3 Å². The van der Waals surface area contributed by atoms with Crippen molar-refractivity contribution < 1.29 is 19.0 Å². The second-order valence-electron chi connectivity index (χ2n) is 10.7. The summed E-state index contributed by atoms with van der Waals surface area (Å²) in [7, 11) is 1.60.